The number of alkyl halides is 3. The molecule has 3 N–H and O–H groups in total. The highest BCUT2D eigenvalue weighted by molar-refractivity contribution is 7.16. The first-order valence-electron chi connectivity index (χ1n) is 6.20. The maximum Gasteiger partial charge on any atom is 0.391 e. The number of rotatable bonds is 3. The lowest BCUT2D eigenvalue weighted by Crippen LogP contribution is -2.38. The lowest BCUT2D eigenvalue weighted by atomic mass is 9.77. The molecule has 3 unspecified atom stereocenters. The van der Waals surface area contributed by atoms with Crippen LogP contribution in [-0.2, 0) is 0 Å². The van der Waals surface area contributed by atoms with Crippen LogP contribution in [0.25, 0.3) is 0 Å². The van der Waals surface area contributed by atoms with Gasteiger partial charge in [-0.1, -0.05) is 18.0 Å². The minimum atomic E-state index is -4.11. The van der Waals surface area contributed by atoms with Gasteiger partial charge in [-0.05, 0) is 37.3 Å². The standard InChI is InChI=1S/C12H16ClF3N2S/c13-10-5-4-9(19-10)11(18-17)7-2-1-3-8(6-7)12(14,15)16/h4-5,7-8,11,18H,1-3,6,17H2. The van der Waals surface area contributed by atoms with E-state index in [-0.39, 0.29) is 24.8 Å². The summed E-state index contributed by atoms with van der Waals surface area (Å²) in [5.74, 6) is 4.22. The Morgan fingerprint density at radius 3 is 2.63 bits per heavy atom. The molecular weight excluding hydrogens is 297 g/mol. The van der Waals surface area contributed by atoms with Gasteiger partial charge in [0.2, 0.25) is 0 Å². The Morgan fingerprint density at radius 1 is 1.37 bits per heavy atom. The van der Waals surface area contributed by atoms with Crippen LogP contribution >= 0.6 is 22.9 Å². The van der Waals surface area contributed by atoms with E-state index >= 15 is 0 Å². The summed E-state index contributed by atoms with van der Waals surface area (Å²) in [7, 11) is 0. The molecule has 1 aliphatic rings. The minimum Gasteiger partial charge on any atom is -0.271 e. The van der Waals surface area contributed by atoms with Crippen molar-refractivity contribution in [2.24, 2.45) is 17.7 Å². The molecule has 0 saturated heterocycles. The van der Waals surface area contributed by atoms with Gasteiger partial charge < -0.3 is 0 Å². The highest BCUT2D eigenvalue weighted by Crippen LogP contribution is 2.44. The quantitative estimate of drug-likeness (QED) is 0.646. The molecule has 0 spiro atoms. The molecule has 1 heterocycles. The summed E-state index contributed by atoms with van der Waals surface area (Å²) < 4.78 is 39.1. The molecule has 2 rings (SSSR count). The summed E-state index contributed by atoms with van der Waals surface area (Å²) in [6.07, 6.45) is -2.40. The van der Waals surface area contributed by atoms with Gasteiger partial charge in [0.1, 0.15) is 0 Å². The van der Waals surface area contributed by atoms with Crippen LogP contribution in [0.3, 0.4) is 0 Å². The number of halogens is 4. The van der Waals surface area contributed by atoms with Gasteiger partial charge in [-0.25, -0.2) is 0 Å². The van der Waals surface area contributed by atoms with E-state index in [9.17, 15) is 13.2 Å². The zero-order valence-electron chi connectivity index (χ0n) is 10.2. The van der Waals surface area contributed by atoms with Gasteiger partial charge in [0.15, 0.2) is 0 Å². The van der Waals surface area contributed by atoms with Gasteiger partial charge in [0.05, 0.1) is 16.3 Å². The predicted molar refractivity (Wildman–Crippen MR) is 70.9 cm³/mol. The second-order valence-electron chi connectivity index (χ2n) is 4.95. The SMILES string of the molecule is NNC(c1ccc(Cl)s1)C1CCCC(C(F)(F)F)C1. The first-order chi connectivity index (χ1) is 8.91. The maximum atomic E-state index is 12.8. The molecule has 7 heteroatoms. The van der Waals surface area contributed by atoms with E-state index in [2.05, 4.69) is 5.43 Å². The van der Waals surface area contributed by atoms with Gasteiger partial charge in [0, 0.05) is 4.88 Å². The second-order valence-corrected chi connectivity index (χ2v) is 6.70. The minimum absolute atomic E-state index is 0.0971. The van der Waals surface area contributed by atoms with Crippen molar-refractivity contribution in [3.63, 3.8) is 0 Å². The first kappa shape index (κ1) is 15.1. The molecule has 108 valence electrons. The van der Waals surface area contributed by atoms with Gasteiger partial charge in [0.25, 0.3) is 0 Å². The zero-order chi connectivity index (χ0) is 14.0. The molecule has 0 amide bonds. The van der Waals surface area contributed by atoms with E-state index in [0.717, 1.165) is 11.3 Å². The lowest BCUT2D eigenvalue weighted by molar-refractivity contribution is -0.186. The molecule has 0 radical (unpaired) electrons. The van der Waals surface area contributed by atoms with Crippen LogP contribution in [0.15, 0.2) is 12.1 Å². The Balaban J connectivity index is 2.10. The fourth-order valence-electron chi connectivity index (χ4n) is 2.77. The Kier molecular flexibility index (Phi) is 4.76. The summed E-state index contributed by atoms with van der Waals surface area (Å²) in [6, 6.07) is 3.33. The molecule has 3 atom stereocenters. The fourth-order valence-corrected chi connectivity index (χ4v) is 3.99. The predicted octanol–water partition coefficient (Wildman–Crippen LogP) is 4.27. The van der Waals surface area contributed by atoms with E-state index < -0.39 is 12.1 Å². The number of nitrogens with one attached hydrogen (secondary N) is 1. The van der Waals surface area contributed by atoms with E-state index in [4.69, 9.17) is 17.4 Å². The topological polar surface area (TPSA) is 38.0 Å². The van der Waals surface area contributed by atoms with Crippen molar-refractivity contribution in [2.75, 3.05) is 0 Å². The highest BCUT2D eigenvalue weighted by atomic mass is 35.5. The smallest absolute Gasteiger partial charge is 0.271 e. The van der Waals surface area contributed by atoms with Crippen LogP contribution < -0.4 is 11.3 Å². The van der Waals surface area contributed by atoms with Gasteiger partial charge >= 0.3 is 6.18 Å². The van der Waals surface area contributed by atoms with Crippen molar-refractivity contribution < 1.29 is 13.2 Å². The van der Waals surface area contributed by atoms with Crippen LogP contribution in [0.1, 0.15) is 36.6 Å². The van der Waals surface area contributed by atoms with Gasteiger partial charge in [-0.3, -0.25) is 11.3 Å². The third kappa shape index (κ3) is 3.62. The van der Waals surface area contributed by atoms with Crippen LogP contribution in [0, 0.1) is 11.8 Å². The molecule has 1 aliphatic carbocycles. The Hall–Kier alpha value is -0.300. The van der Waals surface area contributed by atoms with Crippen molar-refractivity contribution in [1.82, 2.24) is 5.43 Å². The number of hydrogen-bond donors (Lipinski definition) is 2. The fraction of sp³-hybridized carbons (Fsp3) is 0.667. The highest BCUT2D eigenvalue weighted by Gasteiger charge is 2.43. The largest absolute Gasteiger partial charge is 0.391 e. The second kappa shape index (κ2) is 5.99. The Labute approximate surface area is 119 Å². The first-order valence-corrected chi connectivity index (χ1v) is 7.39. The molecule has 1 aromatic heterocycles. The van der Waals surface area contributed by atoms with Crippen LogP contribution in [-0.4, -0.2) is 6.18 Å². The van der Waals surface area contributed by atoms with Crippen molar-refractivity contribution in [2.45, 2.75) is 37.9 Å². The molecule has 1 fully saturated rings. The summed E-state index contributed by atoms with van der Waals surface area (Å²) in [5.41, 5.74) is 2.66. The molecule has 2 nitrogen and oxygen atoms in total. The number of hydrogen-bond acceptors (Lipinski definition) is 3. The number of thiophene rings is 1. The van der Waals surface area contributed by atoms with E-state index in [0.29, 0.717) is 10.8 Å². The monoisotopic (exact) mass is 312 g/mol. The van der Waals surface area contributed by atoms with Gasteiger partial charge in [-0.2, -0.15) is 13.2 Å². The number of hydrazine groups is 1. The molecule has 0 aliphatic heterocycles. The third-order valence-corrected chi connectivity index (χ3v) is 5.04. The van der Waals surface area contributed by atoms with Crippen molar-refractivity contribution >= 4 is 22.9 Å². The summed E-state index contributed by atoms with van der Waals surface area (Å²) >= 11 is 7.24. The molecule has 19 heavy (non-hydrogen) atoms. The summed E-state index contributed by atoms with van der Waals surface area (Å²) in [5, 5.41) is 0. The molecule has 0 aromatic carbocycles. The Morgan fingerprint density at radius 2 is 2.11 bits per heavy atom. The van der Waals surface area contributed by atoms with E-state index in [1.54, 1.807) is 6.07 Å². The van der Waals surface area contributed by atoms with Crippen molar-refractivity contribution in [3.8, 4) is 0 Å². The number of nitrogens with two attached hydrogens (primary N) is 1. The van der Waals surface area contributed by atoms with Crippen molar-refractivity contribution in [1.29, 1.82) is 0 Å². The van der Waals surface area contributed by atoms with Crippen LogP contribution in [0.2, 0.25) is 4.34 Å². The zero-order valence-corrected chi connectivity index (χ0v) is 11.8. The van der Waals surface area contributed by atoms with E-state index in [1.807, 2.05) is 6.07 Å². The molecule has 0 bridgehead atoms. The van der Waals surface area contributed by atoms with Crippen LogP contribution in [0.4, 0.5) is 13.2 Å². The normalized spacial score (nSPS) is 26.4. The molecular formula is C12H16ClF3N2S. The van der Waals surface area contributed by atoms with Gasteiger partial charge in [-0.15, -0.1) is 11.3 Å². The third-order valence-electron chi connectivity index (χ3n) is 3.73. The lowest BCUT2D eigenvalue weighted by Gasteiger charge is -2.34. The van der Waals surface area contributed by atoms with Crippen molar-refractivity contribution in [3.05, 3.63) is 21.3 Å². The summed E-state index contributed by atoms with van der Waals surface area (Å²) in [6.45, 7) is 0. The molecule has 1 saturated carbocycles. The summed E-state index contributed by atoms with van der Waals surface area (Å²) in [4.78, 5) is 0.903. The Bertz CT molecular complexity index is 421. The van der Waals surface area contributed by atoms with E-state index in [1.165, 1.54) is 11.3 Å². The van der Waals surface area contributed by atoms with Crippen LogP contribution in [0.5, 0.6) is 0 Å². The molecule has 1 aromatic rings. The average molecular weight is 313 g/mol. The maximum absolute atomic E-state index is 12.8. The average Bonchev–Trinajstić information content (AvgIpc) is 2.76.